The number of ketones is 1. The van der Waals surface area contributed by atoms with E-state index in [0.29, 0.717) is 6.54 Å². The molecule has 0 aromatic heterocycles. The standard InChI is InChI=1S/C13H13NO2/c15-12-7-13(16)14(8-12)11-5-9-3-1-2-4-10(9)6-11/h1-4,11H,5-8H2. The first kappa shape index (κ1) is 9.58. The highest BCUT2D eigenvalue weighted by molar-refractivity contribution is 6.05. The second kappa shape index (κ2) is 3.44. The van der Waals surface area contributed by atoms with Gasteiger partial charge in [0, 0.05) is 6.04 Å². The number of hydrogen-bond acceptors (Lipinski definition) is 2. The van der Waals surface area contributed by atoms with Crippen molar-refractivity contribution >= 4 is 11.7 Å². The fourth-order valence-electron chi connectivity index (χ4n) is 2.69. The van der Waals surface area contributed by atoms with Gasteiger partial charge in [0.25, 0.3) is 0 Å². The zero-order valence-corrected chi connectivity index (χ0v) is 8.98. The van der Waals surface area contributed by atoms with E-state index < -0.39 is 0 Å². The lowest BCUT2D eigenvalue weighted by Gasteiger charge is -2.22. The van der Waals surface area contributed by atoms with Crippen LogP contribution in [0.1, 0.15) is 17.5 Å². The van der Waals surface area contributed by atoms with Crippen LogP contribution < -0.4 is 0 Å². The number of amides is 1. The van der Waals surface area contributed by atoms with E-state index in [4.69, 9.17) is 0 Å². The minimum Gasteiger partial charge on any atom is -0.331 e. The topological polar surface area (TPSA) is 37.4 Å². The summed E-state index contributed by atoms with van der Waals surface area (Å²) in [6, 6.07) is 8.47. The first-order valence-corrected chi connectivity index (χ1v) is 5.62. The normalized spacial score (nSPS) is 20.6. The summed E-state index contributed by atoms with van der Waals surface area (Å²) < 4.78 is 0. The monoisotopic (exact) mass is 215 g/mol. The number of rotatable bonds is 1. The van der Waals surface area contributed by atoms with Gasteiger partial charge in [0.1, 0.15) is 0 Å². The minimum atomic E-state index is 0.00260. The third kappa shape index (κ3) is 1.43. The number of carbonyl (C=O) groups is 2. The van der Waals surface area contributed by atoms with Crippen molar-refractivity contribution in [3.05, 3.63) is 35.4 Å². The molecule has 3 rings (SSSR count). The van der Waals surface area contributed by atoms with Crippen LogP contribution in [0.15, 0.2) is 24.3 Å². The first-order chi connectivity index (χ1) is 7.74. The zero-order chi connectivity index (χ0) is 11.1. The second-order valence-electron chi connectivity index (χ2n) is 4.57. The van der Waals surface area contributed by atoms with Crippen LogP contribution in [0.4, 0.5) is 0 Å². The predicted molar refractivity (Wildman–Crippen MR) is 59.0 cm³/mol. The highest BCUT2D eigenvalue weighted by Gasteiger charge is 2.35. The number of Topliss-reactive ketones (excluding diaryl/α,β-unsaturated/α-hetero) is 1. The van der Waals surface area contributed by atoms with Gasteiger partial charge < -0.3 is 4.90 Å². The summed E-state index contributed by atoms with van der Waals surface area (Å²) in [6.45, 7) is 0.317. The Morgan fingerprint density at radius 1 is 1.06 bits per heavy atom. The molecule has 0 saturated carbocycles. The average Bonchev–Trinajstić information content (AvgIpc) is 2.81. The van der Waals surface area contributed by atoms with Gasteiger partial charge in [-0.05, 0) is 24.0 Å². The van der Waals surface area contributed by atoms with Gasteiger partial charge in [-0.1, -0.05) is 24.3 Å². The van der Waals surface area contributed by atoms with Crippen LogP contribution in [-0.2, 0) is 22.4 Å². The molecule has 0 bridgehead atoms. The summed E-state index contributed by atoms with van der Waals surface area (Å²) >= 11 is 0. The molecule has 1 saturated heterocycles. The summed E-state index contributed by atoms with van der Waals surface area (Å²) in [5.41, 5.74) is 2.64. The van der Waals surface area contributed by atoms with Gasteiger partial charge in [-0.3, -0.25) is 9.59 Å². The number of benzene rings is 1. The van der Waals surface area contributed by atoms with Crippen molar-refractivity contribution in [1.29, 1.82) is 0 Å². The Labute approximate surface area is 94.1 Å². The average molecular weight is 215 g/mol. The summed E-state index contributed by atoms with van der Waals surface area (Å²) in [4.78, 5) is 24.6. The Morgan fingerprint density at radius 2 is 1.69 bits per heavy atom. The smallest absolute Gasteiger partial charge is 0.230 e. The van der Waals surface area contributed by atoms with Crippen molar-refractivity contribution in [1.82, 2.24) is 4.90 Å². The summed E-state index contributed by atoms with van der Waals surface area (Å²) in [6.07, 6.45) is 1.90. The molecule has 1 aliphatic heterocycles. The molecule has 1 heterocycles. The quantitative estimate of drug-likeness (QED) is 0.654. The van der Waals surface area contributed by atoms with Crippen LogP contribution in [-0.4, -0.2) is 29.2 Å². The highest BCUT2D eigenvalue weighted by atomic mass is 16.2. The van der Waals surface area contributed by atoms with Crippen molar-refractivity contribution in [2.45, 2.75) is 25.3 Å². The van der Waals surface area contributed by atoms with Crippen LogP contribution >= 0.6 is 0 Å². The SMILES string of the molecule is O=C1CC(=O)N(C2Cc3ccccc3C2)C1. The summed E-state index contributed by atoms with van der Waals surface area (Å²) in [7, 11) is 0. The van der Waals surface area contributed by atoms with E-state index in [-0.39, 0.29) is 24.2 Å². The van der Waals surface area contributed by atoms with E-state index in [1.165, 1.54) is 11.1 Å². The fraction of sp³-hybridized carbons (Fsp3) is 0.385. The molecule has 1 aromatic rings. The predicted octanol–water partition coefficient (Wildman–Crippen LogP) is 0.955. The van der Waals surface area contributed by atoms with Gasteiger partial charge in [0.05, 0.1) is 13.0 Å². The van der Waals surface area contributed by atoms with Gasteiger partial charge in [-0.25, -0.2) is 0 Å². The molecule has 1 fully saturated rings. The van der Waals surface area contributed by atoms with E-state index in [0.717, 1.165) is 12.8 Å². The van der Waals surface area contributed by atoms with E-state index in [2.05, 4.69) is 12.1 Å². The molecule has 0 spiro atoms. The van der Waals surface area contributed by atoms with Crippen LogP contribution in [0.2, 0.25) is 0 Å². The Balaban J connectivity index is 1.81. The van der Waals surface area contributed by atoms with Crippen molar-refractivity contribution < 1.29 is 9.59 Å². The van der Waals surface area contributed by atoms with Gasteiger partial charge >= 0.3 is 0 Å². The molecule has 3 heteroatoms. The van der Waals surface area contributed by atoms with Gasteiger partial charge in [0.15, 0.2) is 5.78 Å². The van der Waals surface area contributed by atoms with E-state index >= 15 is 0 Å². The van der Waals surface area contributed by atoms with Crippen molar-refractivity contribution in [2.24, 2.45) is 0 Å². The minimum absolute atomic E-state index is 0.00260. The number of likely N-dealkylation sites (tertiary alicyclic amines) is 1. The van der Waals surface area contributed by atoms with E-state index in [1.807, 2.05) is 12.1 Å². The lowest BCUT2D eigenvalue weighted by molar-refractivity contribution is -0.129. The molecule has 0 radical (unpaired) electrons. The molecular weight excluding hydrogens is 202 g/mol. The van der Waals surface area contributed by atoms with Crippen molar-refractivity contribution in [3.63, 3.8) is 0 Å². The molecule has 1 amide bonds. The molecular formula is C13H13NO2. The maximum atomic E-state index is 11.6. The highest BCUT2D eigenvalue weighted by Crippen LogP contribution is 2.27. The fourth-order valence-corrected chi connectivity index (χ4v) is 2.69. The Bertz CT molecular complexity index is 442. The maximum Gasteiger partial charge on any atom is 0.230 e. The molecule has 0 unspecified atom stereocenters. The van der Waals surface area contributed by atoms with Crippen LogP contribution in [0.25, 0.3) is 0 Å². The Hall–Kier alpha value is -1.64. The van der Waals surface area contributed by atoms with Crippen molar-refractivity contribution in [2.75, 3.05) is 6.54 Å². The third-order valence-electron chi connectivity index (χ3n) is 3.49. The molecule has 3 nitrogen and oxygen atoms in total. The van der Waals surface area contributed by atoms with Gasteiger partial charge in [-0.2, -0.15) is 0 Å². The molecule has 16 heavy (non-hydrogen) atoms. The summed E-state index contributed by atoms with van der Waals surface area (Å²) in [5, 5.41) is 0. The lowest BCUT2D eigenvalue weighted by atomic mass is 10.1. The zero-order valence-electron chi connectivity index (χ0n) is 8.98. The number of hydrogen-bond donors (Lipinski definition) is 0. The van der Waals surface area contributed by atoms with E-state index in [9.17, 15) is 9.59 Å². The van der Waals surface area contributed by atoms with Crippen LogP contribution in [0, 0.1) is 0 Å². The molecule has 2 aliphatic rings. The largest absolute Gasteiger partial charge is 0.331 e. The maximum absolute atomic E-state index is 11.6. The van der Waals surface area contributed by atoms with E-state index in [1.54, 1.807) is 4.90 Å². The lowest BCUT2D eigenvalue weighted by Crippen LogP contribution is -2.37. The van der Waals surface area contributed by atoms with Crippen molar-refractivity contribution in [3.8, 4) is 0 Å². The number of fused-ring (bicyclic) bond motifs is 1. The number of nitrogens with zero attached hydrogens (tertiary/aromatic N) is 1. The van der Waals surface area contributed by atoms with Crippen LogP contribution in [0.3, 0.4) is 0 Å². The van der Waals surface area contributed by atoms with Gasteiger partial charge in [-0.15, -0.1) is 0 Å². The van der Waals surface area contributed by atoms with Gasteiger partial charge in [0.2, 0.25) is 5.91 Å². The third-order valence-corrected chi connectivity index (χ3v) is 3.49. The molecule has 0 N–H and O–H groups in total. The molecule has 0 atom stereocenters. The molecule has 1 aromatic carbocycles. The van der Waals surface area contributed by atoms with Crippen LogP contribution in [0.5, 0.6) is 0 Å². The Kier molecular flexibility index (Phi) is 2.06. The second-order valence-corrected chi connectivity index (χ2v) is 4.57. The first-order valence-electron chi connectivity index (χ1n) is 5.62. The summed E-state index contributed by atoms with van der Waals surface area (Å²) in [5.74, 6) is 0.0590. The molecule has 1 aliphatic carbocycles. The number of carbonyl (C=O) groups excluding carboxylic acids is 2. The molecule has 82 valence electrons. The Morgan fingerprint density at radius 3 is 2.19 bits per heavy atom.